The van der Waals surface area contributed by atoms with Crippen molar-refractivity contribution in [2.75, 3.05) is 24.7 Å². The maximum absolute atomic E-state index is 5.94. The Hall–Kier alpha value is -1.87. The molecule has 2 aromatic rings. The van der Waals surface area contributed by atoms with Crippen LogP contribution in [0.1, 0.15) is 5.56 Å². The maximum Gasteiger partial charge on any atom is 0.119 e. The molecule has 100 valence electrons. The van der Waals surface area contributed by atoms with Crippen LogP contribution in [0.3, 0.4) is 0 Å². The molecule has 19 heavy (non-hydrogen) atoms. The van der Waals surface area contributed by atoms with Crippen LogP contribution in [0.25, 0.3) is 0 Å². The van der Waals surface area contributed by atoms with Gasteiger partial charge in [0.1, 0.15) is 5.75 Å². The molecule has 0 unspecified atom stereocenters. The summed E-state index contributed by atoms with van der Waals surface area (Å²) in [6.45, 7) is 0.789. The molecule has 4 heteroatoms. The van der Waals surface area contributed by atoms with E-state index in [1.165, 1.54) is 5.56 Å². The van der Waals surface area contributed by atoms with Crippen molar-refractivity contribution in [3.63, 3.8) is 0 Å². The number of nitrogen functional groups attached to an aromatic ring is 1. The van der Waals surface area contributed by atoms with E-state index in [1.807, 2.05) is 24.3 Å². The molecule has 0 saturated heterocycles. The first-order valence-corrected chi connectivity index (χ1v) is 6.48. The van der Waals surface area contributed by atoms with Crippen molar-refractivity contribution in [1.82, 2.24) is 0 Å². The molecule has 0 bridgehead atoms. The Kier molecular flexibility index (Phi) is 4.53. The van der Waals surface area contributed by atoms with Crippen LogP contribution < -0.4 is 15.8 Å². The van der Waals surface area contributed by atoms with Gasteiger partial charge in [0, 0.05) is 11.6 Å². The molecule has 0 aliphatic heterocycles. The van der Waals surface area contributed by atoms with Gasteiger partial charge in [0.05, 0.1) is 18.5 Å². The van der Waals surface area contributed by atoms with E-state index in [0.29, 0.717) is 10.7 Å². The molecule has 0 aromatic heterocycles. The summed E-state index contributed by atoms with van der Waals surface area (Å²) in [4.78, 5) is 0. The number of ether oxygens (including phenoxy) is 1. The Balaban J connectivity index is 1.94. The van der Waals surface area contributed by atoms with Gasteiger partial charge in [-0.2, -0.15) is 0 Å². The third-order valence-electron chi connectivity index (χ3n) is 2.88. The van der Waals surface area contributed by atoms with Crippen molar-refractivity contribution >= 4 is 23.0 Å². The van der Waals surface area contributed by atoms with Crippen LogP contribution in [-0.4, -0.2) is 13.7 Å². The van der Waals surface area contributed by atoms with E-state index >= 15 is 0 Å². The highest BCUT2D eigenvalue weighted by molar-refractivity contribution is 6.31. The second kappa shape index (κ2) is 6.34. The van der Waals surface area contributed by atoms with Gasteiger partial charge in [0.2, 0.25) is 0 Å². The third-order valence-corrected chi connectivity index (χ3v) is 3.11. The first-order chi connectivity index (χ1) is 9.19. The van der Waals surface area contributed by atoms with Crippen LogP contribution in [0, 0.1) is 0 Å². The van der Waals surface area contributed by atoms with E-state index in [1.54, 1.807) is 19.2 Å². The summed E-state index contributed by atoms with van der Waals surface area (Å²) < 4.78 is 5.20. The second-order valence-corrected chi connectivity index (χ2v) is 4.70. The van der Waals surface area contributed by atoms with E-state index in [4.69, 9.17) is 22.1 Å². The molecule has 0 atom stereocenters. The number of anilines is 2. The summed E-state index contributed by atoms with van der Waals surface area (Å²) in [6.07, 6.45) is 0.892. The van der Waals surface area contributed by atoms with Crippen molar-refractivity contribution < 1.29 is 4.74 Å². The predicted octanol–water partition coefficient (Wildman–Crippen LogP) is 3.59. The molecule has 3 N–H and O–H groups in total. The van der Waals surface area contributed by atoms with Crippen LogP contribution in [0.2, 0.25) is 5.02 Å². The quantitative estimate of drug-likeness (QED) is 0.821. The lowest BCUT2D eigenvalue weighted by Gasteiger charge is -2.10. The molecule has 0 heterocycles. The number of methoxy groups -OCH3 is 1. The largest absolute Gasteiger partial charge is 0.497 e. The Morgan fingerprint density at radius 1 is 1.21 bits per heavy atom. The summed E-state index contributed by atoms with van der Waals surface area (Å²) in [7, 11) is 1.67. The molecule has 0 saturated carbocycles. The average molecular weight is 277 g/mol. The number of rotatable bonds is 5. The van der Waals surface area contributed by atoms with Gasteiger partial charge in [-0.25, -0.2) is 0 Å². The number of hydrogen-bond donors (Lipinski definition) is 2. The summed E-state index contributed by atoms with van der Waals surface area (Å²) in [5.41, 5.74) is 8.66. The fraction of sp³-hybridized carbons (Fsp3) is 0.200. The summed E-state index contributed by atoms with van der Waals surface area (Å²) in [5.74, 6) is 0.875. The molecular formula is C15H17ClN2O. The van der Waals surface area contributed by atoms with Crippen molar-refractivity contribution in [2.24, 2.45) is 0 Å². The molecular weight excluding hydrogens is 260 g/mol. The minimum Gasteiger partial charge on any atom is -0.497 e. The zero-order valence-electron chi connectivity index (χ0n) is 10.8. The van der Waals surface area contributed by atoms with Crippen molar-refractivity contribution in [1.29, 1.82) is 0 Å². The van der Waals surface area contributed by atoms with Gasteiger partial charge in [-0.15, -0.1) is 0 Å². The lowest BCUT2D eigenvalue weighted by Crippen LogP contribution is -2.06. The SMILES string of the molecule is COc1cccc(CCNc2cc(Cl)ccc2N)c1. The lowest BCUT2D eigenvalue weighted by molar-refractivity contribution is 0.414. The van der Waals surface area contributed by atoms with Crippen LogP contribution in [-0.2, 0) is 6.42 Å². The zero-order valence-corrected chi connectivity index (χ0v) is 11.6. The Morgan fingerprint density at radius 3 is 2.84 bits per heavy atom. The normalized spacial score (nSPS) is 10.2. The number of nitrogens with two attached hydrogens (primary N) is 1. The van der Waals surface area contributed by atoms with Gasteiger partial charge in [0.25, 0.3) is 0 Å². The fourth-order valence-corrected chi connectivity index (χ4v) is 2.02. The highest BCUT2D eigenvalue weighted by Crippen LogP contribution is 2.23. The second-order valence-electron chi connectivity index (χ2n) is 4.26. The van der Waals surface area contributed by atoms with Crippen LogP contribution >= 0.6 is 11.6 Å². The molecule has 0 aliphatic rings. The molecule has 0 amide bonds. The Bertz CT molecular complexity index is 558. The number of halogens is 1. The maximum atomic E-state index is 5.94. The first kappa shape index (κ1) is 13.6. The van der Waals surface area contributed by atoms with Gasteiger partial charge in [0.15, 0.2) is 0 Å². The van der Waals surface area contributed by atoms with Crippen molar-refractivity contribution in [3.05, 3.63) is 53.1 Å². The van der Waals surface area contributed by atoms with Gasteiger partial charge in [-0.3, -0.25) is 0 Å². The van der Waals surface area contributed by atoms with E-state index in [2.05, 4.69) is 11.4 Å². The molecule has 3 nitrogen and oxygen atoms in total. The minimum absolute atomic E-state index is 0.679. The molecule has 0 fully saturated rings. The van der Waals surface area contributed by atoms with Crippen molar-refractivity contribution in [3.8, 4) is 5.75 Å². The number of nitrogens with one attached hydrogen (secondary N) is 1. The van der Waals surface area contributed by atoms with E-state index < -0.39 is 0 Å². The molecule has 0 spiro atoms. The zero-order chi connectivity index (χ0) is 13.7. The average Bonchev–Trinajstić information content (AvgIpc) is 2.43. The van der Waals surface area contributed by atoms with Gasteiger partial charge in [-0.1, -0.05) is 23.7 Å². The van der Waals surface area contributed by atoms with Crippen LogP contribution in [0.4, 0.5) is 11.4 Å². The topological polar surface area (TPSA) is 47.3 Å². The highest BCUT2D eigenvalue weighted by atomic mass is 35.5. The molecule has 0 aliphatic carbocycles. The molecule has 2 rings (SSSR count). The summed E-state index contributed by atoms with van der Waals surface area (Å²) in [6, 6.07) is 13.4. The highest BCUT2D eigenvalue weighted by Gasteiger charge is 2.00. The predicted molar refractivity (Wildman–Crippen MR) is 81.1 cm³/mol. The van der Waals surface area contributed by atoms with Gasteiger partial charge < -0.3 is 15.8 Å². The van der Waals surface area contributed by atoms with Gasteiger partial charge in [-0.05, 0) is 42.3 Å². The lowest BCUT2D eigenvalue weighted by atomic mass is 10.1. The van der Waals surface area contributed by atoms with Gasteiger partial charge >= 0.3 is 0 Å². The van der Waals surface area contributed by atoms with E-state index in [-0.39, 0.29) is 0 Å². The monoisotopic (exact) mass is 276 g/mol. The number of benzene rings is 2. The first-order valence-electron chi connectivity index (χ1n) is 6.11. The standard InChI is InChI=1S/C15H17ClN2O/c1-19-13-4-2-3-11(9-13)7-8-18-15-10-12(16)5-6-14(15)17/h2-6,9-10,18H,7-8,17H2,1H3. The molecule has 2 aromatic carbocycles. The Labute approximate surface area is 118 Å². The summed E-state index contributed by atoms with van der Waals surface area (Å²) >= 11 is 5.94. The fourth-order valence-electron chi connectivity index (χ4n) is 1.85. The number of hydrogen-bond acceptors (Lipinski definition) is 3. The van der Waals surface area contributed by atoms with E-state index in [0.717, 1.165) is 24.4 Å². The smallest absolute Gasteiger partial charge is 0.119 e. The van der Waals surface area contributed by atoms with E-state index in [9.17, 15) is 0 Å². The summed E-state index contributed by atoms with van der Waals surface area (Å²) in [5, 5.41) is 3.97. The minimum atomic E-state index is 0.679. The van der Waals surface area contributed by atoms with Crippen molar-refractivity contribution in [2.45, 2.75) is 6.42 Å². The third kappa shape index (κ3) is 3.80. The molecule has 0 radical (unpaired) electrons. The van der Waals surface area contributed by atoms with Crippen LogP contribution in [0.5, 0.6) is 5.75 Å². The Morgan fingerprint density at radius 2 is 2.05 bits per heavy atom. The van der Waals surface area contributed by atoms with Crippen LogP contribution in [0.15, 0.2) is 42.5 Å².